The minimum Gasteiger partial charge on any atom is -0.456 e. The molecule has 1 aliphatic rings. The number of furan rings is 2. The molecule has 5 heteroatoms. The monoisotopic (exact) mass is 645 g/mol. The molecule has 1 aliphatic heterocycles. The third-order valence-corrected chi connectivity index (χ3v) is 9.79. The van der Waals surface area contributed by atoms with Gasteiger partial charge in [-0.3, -0.25) is 5.32 Å². The van der Waals surface area contributed by atoms with Gasteiger partial charge in [-0.25, -0.2) is 4.99 Å². The number of nitrogens with one attached hydrogen (secondary N) is 2. The van der Waals surface area contributed by atoms with Crippen LogP contribution in [-0.4, -0.2) is 5.84 Å². The highest BCUT2D eigenvalue weighted by atomic mass is 16.3. The Morgan fingerprint density at radius 1 is 0.440 bits per heavy atom. The molecule has 3 heterocycles. The molecule has 50 heavy (non-hydrogen) atoms. The van der Waals surface area contributed by atoms with Gasteiger partial charge in [0.1, 0.15) is 40.5 Å². The van der Waals surface area contributed by atoms with Crippen LogP contribution in [0.1, 0.15) is 29.0 Å². The Hall–Kier alpha value is -6.43. The van der Waals surface area contributed by atoms with Gasteiger partial charge in [-0.2, -0.15) is 0 Å². The SMILES string of the molecule is c1ccc(-c2ccc(C3=NC(c4ccc5oc6ccc(-c7ccccc7)cc6c5c4)NC(c4cccc5c4oc4ccccc45)N3)cc2)cc1. The molecule has 5 nitrogen and oxygen atoms in total. The van der Waals surface area contributed by atoms with E-state index >= 15 is 0 Å². The van der Waals surface area contributed by atoms with Gasteiger partial charge in [0.05, 0.1) is 0 Å². The van der Waals surface area contributed by atoms with Gasteiger partial charge < -0.3 is 14.2 Å². The van der Waals surface area contributed by atoms with E-state index in [2.05, 4.69) is 150 Å². The molecule has 2 N–H and O–H groups in total. The number of nitrogens with zero attached hydrogens (tertiary/aromatic N) is 1. The van der Waals surface area contributed by atoms with Gasteiger partial charge >= 0.3 is 0 Å². The molecule has 2 atom stereocenters. The van der Waals surface area contributed by atoms with Crippen molar-refractivity contribution in [1.29, 1.82) is 0 Å². The van der Waals surface area contributed by atoms with E-state index in [1.807, 2.05) is 24.3 Å². The summed E-state index contributed by atoms with van der Waals surface area (Å²) in [7, 11) is 0. The second-order valence-corrected chi connectivity index (χ2v) is 12.8. The first kappa shape index (κ1) is 28.6. The average molecular weight is 646 g/mol. The second kappa shape index (κ2) is 11.6. The zero-order valence-electron chi connectivity index (χ0n) is 27.0. The number of hydrogen-bond donors (Lipinski definition) is 2. The standard InChI is InChI=1S/C45H31N3O2/c1-3-10-28(11-4-1)30-18-20-31(21-19-30)43-46-44(48-45(47-43)36-16-9-15-35-34-14-7-8-17-39(34)50-42(35)36)33-23-25-41-38(27-33)37-26-32(22-24-40(37)49-41)29-12-5-2-6-13-29/h1-27,44-45,48H,(H,46,47). The summed E-state index contributed by atoms with van der Waals surface area (Å²) in [5.41, 5.74) is 11.2. The molecule has 0 fully saturated rings. The maximum absolute atomic E-state index is 6.49. The lowest BCUT2D eigenvalue weighted by atomic mass is 10.0. The molecular weight excluding hydrogens is 615 g/mol. The number of benzene rings is 7. The van der Waals surface area contributed by atoms with Crippen molar-refractivity contribution in [1.82, 2.24) is 10.6 Å². The van der Waals surface area contributed by atoms with Gasteiger partial charge in [0.2, 0.25) is 0 Å². The first-order valence-corrected chi connectivity index (χ1v) is 16.9. The van der Waals surface area contributed by atoms with Crippen molar-refractivity contribution in [3.63, 3.8) is 0 Å². The fourth-order valence-corrected chi connectivity index (χ4v) is 7.26. The van der Waals surface area contributed by atoms with Crippen LogP contribution in [0.2, 0.25) is 0 Å². The Kier molecular flexibility index (Phi) is 6.64. The minimum atomic E-state index is -0.337. The van der Waals surface area contributed by atoms with Crippen molar-refractivity contribution < 1.29 is 8.83 Å². The van der Waals surface area contributed by atoms with Gasteiger partial charge in [-0.15, -0.1) is 0 Å². The first-order chi connectivity index (χ1) is 24.7. The van der Waals surface area contributed by atoms with E-state index in [0.717, 1.165) is 77.5 Å². The average Bonchev–Trinajstić information content (AvgIpc) is 3.76. The predicted octanol–water partition coefficient (Wildman–Crippen LogP) is 11.2. The van der Waals surface area contributed by atoms with E-state index in [0.29, 0.717) is 0 Å². The highest BCUT2D eigenvalue weighted by molar-refractivity contribution is 6.08. The summed E-state index contributed by atoms with van der Waals surface area (Å²) < 4.78 is 12.8. The zero-order valence-corrected chi connectivity index (χ0v) is 27.0. The normalized spacial score (nSPS) is 16.2. The first-order valence-electron chi connectivity index (χ1n) is 16.9. The van der Waals surface area contributed by atoms with Gasteiger partial charge in [-0.05, 0) is 58.1 Å². The number of amidine groups is 1. The maximum Gasteiger partial charge on any atom is 0.142 e. The Morgan fingerprint density at radius 3 is 1.84 bits per heavy atom. The largest absolute Gasteiger partial charge is 0.456 e. The second-order valence-electron chi connectivity index (χ2n) is 12.8. The molecular formula is C45H31N3O2. The van der Waals surface area contributed by atoms with Crippen molar-refractivity contribution >= 4 is 49.7 Å². The highest BCUT2D eigenvalue weighted by Crippen LogP contribution is 2.37. The number of hydrogen-bond acceptors (Lipinski definition) is 5. The van der Waals surface area contributed by atoms with Gasteiger partial charge in [0.15, 0.2) is 0 Å². The van der Waals surface area contributed by atoms with Gasteiger partial charge in [0.25, 0.3) is 0 Å². The maximum atomic E-state index is 6.49. The number of para-hydroxylation sites is 2. The lowest BCUT2D eigenvalue weighted by Gasteiger charge is -2.32. The van der Waals surface area contributed by atoms with Crippen molar-refractivity contribution in [2.45, 2.75) is 12.3 Å². The van der Waals surface area contributed by atoms with E-state index in [1.165, 1.54) is 11.1 Å². The van der Waals surface area contributed by atoms with Crippen molar-refractivity contribution in [3.8, 4) is 22.3 Å². The van der Waals surface area contributed by atoms with Gasteiger partial charge in [0, 0.05) is 32.7 Å². The molecule has 0 saturated heterocycles. The minimum absolute atomic E-state index is 0.271. The fourth-order valence-electron chi connectivity index (χ4n) is 7.26. The summed E-state index contributed by atoms with van der Waals surface area (Å²) in [5, 5.41) is 11.9. The number of aliphatic imine (C=N–C) groups is 1. The fraction of sp³-hybridized carbons (Fsp3) is 0.0444. The topological polar surface area (TPSA) is 62.7 Å². The predicted molar refractivity (Wildman–Crippen MR) is 203 cm³/mol. The van der Waals surface area contributed by atoms with Crippen LogP contribution in [0.4, 0.5) is 0 Å². The molecule has 0 radical (unpaired) electrons. The molecule has 0 spiro atoms. The summed E-state index contributed by atoms with van der Waals surface area (Å²) in [6.07, 6.45) is -0.608. The van der Waals surface area contributed by atoms with Crippen molar-refractivity contribution in [2.75, 3.05) is 0 Å². The van der Waals surface area contributed by atoms with Crippen LogP contribution in [0.25, 0.3) is 66.1 Å². The molecule has 0 saturated carbocycles. The summed E-state index contributed by atoms with van der Waals surface area (Å²) in [4.78, 5) is 5.29. The van der Waals surface area contributed by atoms with Crippen molar-refractivity contribution in [3.05, 3.63) is 180 Å². The van der Waals surface area contributed by atoms with Crippen LogP contribution < -0.4 is 10.6 Å². The molecule has 10 rings (SSSR count). The van der Waals surface area contributed by atoms with Crippen LogP contribution >= 0.6 is 0 Å². The third-order valence-electron chi connectivity index (χ3n) is 9.79. The highest BCUT2D eigenvalue weighted by Gasteiger charge is 2.28. The number of fused-ring (bicyclic) bond motifs is 6. The van der Waals surface area contributed by atoms with Crippen LogP contribution in [0, 0.1) is 0 Å². The van der Waals surface area contributed by atoms with E-state index in [9.17, 15) is 0 Å². The molecule has 7 aromatic carbocycles. The summed E-state index contributed by atoms with van der Waals surface area (Å²) in [6, 6.07) is 56.9. The van der Waals surface area contributed by atoms with Crippen LogP contribution in [0.5, 0.6) is 0 Å². The van der Waals surface area contributed by atoms with Crippen LogP contribution in [-0.2, 0) is 0 Å². The smallest absolute Gasteiger partial charge is 0.142 e. The Balaban J connectivity index is 1.09. The quantitative estimate of drug-likeness (QED) is 0.195. The molecule has 238 valence electrons. The van der Waals surface area contributed by atoms with E-state index in [-0.39, 0.29) is 12.3 Å². The molecule has 2 unspecified atom stereocenters. The van der Waals surface area contributed by atoms with Crippen LogP contribution in [0.15, 0.2) is 178 Å². The zero-order chi connectivity index (χ0) is 33.0. The third kappa shape index (κ3) is 4.87. The molecule has 0 aliphatic carbocycles. The lowest BCUT2D eigenvalue weighted by molar-refractivity contribution is 0.408. The van der Waals surface area contributed by atoms with E-state index in [1.54, 1.807) is 0 Å². The Morgan fingerprint density at radius 2 is 1.04 bits per heavy atom. The van der Waals surface area contributed by atoms with Crippen molar-refractivity contribution in [2.24, 2.45) is 4.99 Å². The molecule has 9 aromatic rings. The summed E-state index contributed by atoms with van der Waals surface area (Å²) in [6.45, 7) is 0. The molecule has 0 bridgehead atoms. The molecule has 0 amide bonds. The number of rotatable bonds is 5. The molecule has 2 aromatic heterocycles. The Labute approximate surface area is 288 Å². The Bertz CT molecular complexity index is 2710. The summed E-state index contributed by atoms with van der Waals surface area (Å²) >= 11 is 0. The van der Waals surface area contributed by atoms with Gasteiger partial charge in [-0.1, -0.05) is 133 Å². The lowest BCUT2D eigenvalue weighted by Crippen LogP contribution is -2.45. The van der Waals surface area contributed by atoms with E-state index in [4.69, 9.17) is 13.8 Å². The van der Waals surface area contributed by atoms with E-state index < -0.39 is 0 Å². The summed E-state index contributed by atoms with van der Waals surface area (Å²) in [5.74, 6) is 0.815. The van der Waals surface area contributed by atoms with Crippen LogP contribution in [0.3, 0.4) is 0 Å².